The van der Waals surface area contributed by atoms with Crippen molar-refractivity contribution >= 4 is 29.2 Å². The lowest BCUT2D eigenvalue weighted by atomic mass is 9.97. The van der Waals surface area contributed by atoms with Crippen LogP contribution >= 0.6 is 0 Å². The van der Waals surface area contributed by atoms with E-state index in [1.54, 1.807) is 60.7 Å². The number of ketones is 1. The summed E-state index contributed by atoms with van der Waals surface area (Å²) in [5, 5.41) is 1.44. The summed E-state index contributed by atoms with van der Waals surface area (Å²) in [6, 6.07) is 13.0. The molecular weight excluding hydrogens is 499 g/mol. The number of Topliss-reactive ketones (excluding diaryl/α,β-unsaturated/α-hetero) is 1. The predicted molar refractivity (Wildman–Crippen MR) is 135 cm³/mol. The lowest BCUT2D eigenvalue weighted by Gasteiger charge is -2.46. The van der Waals surface area contributed by atoms with Crippen LogP contribution in [-0.2, 0) is 25.6 Å². The fourth-order valence-electron chi connectivity index (χ4n) is 4.47. The number of nitrogens with zero attached hydrogens (tertiary/aromatic N) is 3. The average Bonchev–Trinajstić information content (AvgIpc) is 2.85. The number of carbonyl (C=O) groups excluding carboxylic acids is 4. The Hall–Kier alpha value is -3.95. The number of hydrogen-bond donors (Lipinski definition) is 0. The van der Waals surface area contributed by atoms with Crippen LogP contribution < -0.4 is 0 Å². The van der Waals surface area contributed by atoms with E-state index in [4.69, 9.17) is 0 Å². The first-order valence-corrected chi connectivity index (χ1v) is 12.2. The van der Waals surface area contributed by atoms with Gasteiger partial charge in [-0.2, -0.15) is 13.2 Å². The third-order valence-corrected chi connectivity index (χ3v) is 6.13. The summed E-state index contributed by atoms with van der Waals surface area (Å²) in [6.07, 6.45) is -4.20. The molecule has 0 spiro atoms. The molecule has 2 unspecified atom stereocenters. The molecule has 2 aromatic carbocycles. The van der Waals surface area contributed by atoms with Gasteiger partial charge in [-0.1, -0.05) is 74.5 Å². The Morgan fingerprint density at radius 3 is 1.97 bits per heavy atom. The predicted octanol–water partition coefficient (Wildman–Crippen LogP) is 4.60. The monoisotopic (exact) mass is 529 g/mol. The normalized spacial score (nSPS) is 16.8. The van der Waals surface area contributed by atoms with Gasteiger partial charge >= 0.3 is 6.18 Å². The molecule has 0 saturated carbocycles. The van der Waals surface area contributed by atoms with Crippen molar-refractivity contribution in [2.75, 3.05) is 0 Å². The summed E-state index contributed by atoms with van der Waals surface area (Å²) >= 11 is 0. The first-order chi connectivity index (χ1) is 17.8. The smallest absolute Gasteiger partial charge is 0.305 e. The minimum Gasteiger partial charge on any atom is -0.305 e. The number of hydrazine groups is 1. The van der Waals surface area contributed by atoms with E-state index in [0.717, 1.165) is 11.9 Å². The van der Waals surface area contributed by atoms with Gasteiger partial charge in [0.1, 0.15) is 12.1 Å². The van der Waals surface area contributed by atoms with Gasteiger partial charge in [-0.05, 0) is 17.9 Å². The van der Waals surface area contributed by atoms with E-state index < -0.39 is 48.2 Å². The third kappa shape index (κ3) is 6.30. The topological polar surface area (TPSA) is 78.0 Å². The van der Waals surface area contributed by atoms with Crippen molar-refractivity contribution in [3.8, 4) is 0 Å². The van der Waals surface area contributed by atoms with Crippen LogP contribution in [-0.4, -0.2) is 56.7 Å². The molecule has 10 heteroatoms. The van der Waals surface area contributed by atoms with E-state index in [9.17, 15) is 32.3 Å². The van der Waals surface area contributed by atoms with Gasteiger partial charge in [0.2, 0.25) is 11.8 Å². The summed E-state index contributed by atoms with van der Waals surface area (Å²) in [5.41, 5.74) is 0.758. The molecule has 2 atom stereocenters. The molecule has 1 aliphatic rings. The van der Waals surface area contributed by atoms with Crippen molar-refractivity contribution in [3.05, 3.63) is 78.0 Å². The van der Waals surface area contributed by atoms with Crippen LogP contribution in [0, 0.1) is 5.92 Å². The molecule has 0 bridgehead atoms. The highest BCUT2D eigenvalue weighted by molar-refractivity contribution is 6.00. The van der Waals surface area contributed by atoms with Gasteiger partial charge in [-0.25, -0.2) is 10.0 Å². The zero-order valence-electron chi connectivity index (χ0n) is 21.6. The van der Waals surface area contributed by atoms with Gasteiger partial charge in [-0.15, -0.1) is 0 Å². The van der Waals surface area contributed by atoms with Crippen molar-refractivity contribution < 1.29 is 32.3 Å². The Bertz CT molecular complexity index is 1210. The number of carbonyl (C=O) groups is 4. The maximum Gasteiger partial charge on any atom is 0.452 e. The van der Waals surface area contributed by atoms with Gasteiger partial charge in [0, 0.05) is 32.0 Å². The van der Waals surface area contributed by atoms with Gasteiger partial charge in [0.05, 0.1) is 5.70 Å². The average molecular weight is 530 g/mol. The first kappa shape index (κ1) is 28.6. The number of rotatable bonds is 8. The molecule has 0 aliphatic carbocycles. The first-order valence-electron chi connectivity index (χ1n) is 12.2. The van der Waals surface area contributed by atoms with Gasteiger partial charge in [0.15, 0.2) is 0 Å². The summed E-state index contributed by atoms with van der Waals surface area (Å²) in [6.45, 7) is 5.96. The molecule has 38 heavy (non-hydrogen) atoms. The maximum absolute atomic E-state index is 14.0. The highest BCUT2D eigenvalue weighted by Crippen LogP contribution is 2.34. The quantitative estimate of drug-likeness (QED) is 0.501. The fraction of sp³-hybridized carbons (Fsp3) is 0.357. The second kappa shape index (κ2) is 11.6. The van der Waals surface area contributed by atoms with Crippen LogP contribution in [0.1, 0.15) is 45.2 Å². The molecule has 3 amide bonds. The summed E-state index contributed by atoms with van der Waals surface area (Å²) in [7, 11) is 0. The molecule has 0 aromatic heterocycles. The molecule has 2 aromatic rings. The van der Waals surface area contributed by atoms with Gasteiger partial charge in [0.25, 0.3) is 11.7 Å². The minimum atomic E-state index is -5.27. The Labute approximate surface area is 219 Å². The summed E-state index contributed by atoms with van der Waals surface area (Å²) in [5.74, 6) is -4.39. The zero-order chi connectivity index (χ0) is 28.2. The largest absolute Gasteiger partial charge is 0.452 e. The molecule has 0 radical (unpaired) electrons. The standard InChI is InChI=1S/C28H30F3N3O4/c1-18(2)15-24-27(38)34(25(17-32(24)19(3)35)22-13-9-6-10-14-22)33(20(4)36)23(26(37)28(29,30)31)16-21-11-7-5-8-12-21/h5-14,17-18,23-24H,15-16H2,1-4H3. The molecule has 7 nitrogen and oxygen atoms in total. The van der Waals surface area contributed by atoms with Crippen LogP contribution in [0.2, 0.25) is 0 Å². The van der Waals surface area contributed by atoms with E-state index >= 15 is 0 Å². The van der Waals surface area contributed by atoms with E-state index in [1.807, 2.05) is 13.8 Å². The minimum absolute atomic E-state index is 0.00837. The Morgan fingerprint density at radius 1 is 0.947 bits per heavy atom. The zero-order valence-corrected chi connectivity index (χ0v) is 21.6. The Kier molecular flexibility index (Phi) is 8.75. The van der Waals surface area contributed by atoms with Crippen LogP contribution in [0.25, 0.3) is 5.70 Å². The van der Waals surface area contributed by atoms with E-state index in [2.05, 4.69) is 0 Å². The Morgan fingerprint density at radius 2 is 1.50 bits per heavy atom. The van der Waals surface area contributed by atoms with E-state index in [0.29, 0.717) is 16.1 Å². The lowest BCUT2D eigenvalue weighted by Crippen LogP contribution is -2.63. The van der Waals surface area contributed by atoms with Crippen molar-refractivity contribution in [3.63, 3.8) is 0 Å². The van der Waals surface area contributed by atoms with E-state index in [1.165, 1.54) is 18.0 Å². The maximum atomic E-state index is 14.0. The van der Waals surface area contributed by atoms with Gasteiger partial charge in [-0.3, -0.25) is 19.2 Å². The van der Waals surface area contributed by atoms with E-state index in [-0.39, 0.29) is 18.0 Å². The summed E-state index contributed by atoms with van der Waals surface area (Å²) < 4.78 is 41.6. The molecular formula is C28H30F3N3O4. The highest BCUT2D eigenvalue weighted by atomic mass is 19.4. The van der Waals surface area contributed by atoms with Crippen molar-refractivity contribution in [2.45, 2.75) is 58.8 Å². The number of halogens is 3. The van der Waals surface area contributed by atoms with Crippen molar-refractivity contribution in [1.29, 1.82) is 0 Å². The molecule has 3 rings (SSSR count). The van der Waals surface area contributed by atoms with Crippen LogP contribution in [0.5, 0.6) is 0 Å². The number of benzene rings is 2. The third-order valence-electron chi connectivity index (χ3n) is 6.13. The van der Waals surface area contributed by atoms with Crippen LogP contribution in [0.15, 0.2) is 66.9 Å². The number of alkyl halides is 3. The molecule has 1 heterocycles. The molecule has 202 valence electrons. The fourth-order valence-corrected chi connectivity index (χ4v) is 4.47. The molecule has 1 aliphatic heterocycles. The van der Waals surface area contributed by atoms with Crippen molar-refractivity contribution in [1.82, 2.24) is 14.9 Å². The lowest BCUT2D eigenvalue weighted by molar-refractivity contribution is -0.187. The van der Waals surface area contributed by atoms with Crippen LogP contribution in [0.3, 0.4) is 0 Å². The molecule has 0 fully saturated rings. The second-order valence-electron chi connectivity index (χ2n) is 9.53. The summed E-state index contributed by atoms with van der Waals surface area (Å²) in [4.78, 5) is 53.7. The Balaban J connectivity index is 2.27. The van der Waals surface area contributed by atoms with Crippen molar-refractivity contribution in [2.24, 2.45) is 5.92 Å². The SMILES string of the molecule is CC(=O)N1C=C(c2ccccc2)N(N(C(C)=O)C(Cc2ccccc2)C(=O)C(F)(F)F)C(=O)C1CC(C)C. The molecule has 0 saturated heterocycles. The molecule has 0 N–H and O–H groups in total. The van der Waals surface area contributed by atoms with Crippen LogP contribution in [0.4, 0.5) is 13.2 Å². The van der Waals surface area contributed by atoms with Gasteiger partial charge < -0.3 is 4.90 Å². The highest BCUT2D eigenvalue weighted by Gasteiger charge is 2.51. The number of amides is 3. The number of hydrogen-bond acceptors (Lipinski definition) is 4. The second-order valence-corrected chi connectivity index (χ2v) is 9.53.